The van der Waals surface area contributed by atoms with Crippen molar-refractivity contribution in [1.82, 2.24) is 0 Å². The molecule has 1 unspecified atom stereocenters. The number of hydrogen-bond acceptors (Lipinski definition) is 0. The zero-order valence-electron chi connectivity index (χ0n) is 9.25. The van der Waals surface area contributed by atoms with Crippen LogP contribution in [0.5, 0.6) is 0 Å². The highest BCUT2D eigenvalue weighted by Gasteiger charge is 2.15. The predicted octanol–water partition coefficient (Wildman–Crippen LogP) is 5.12. The van der Waals surface area contributed by atoms with Crippen molar-refractivity contribution in [3.63, 3.8) is 0 Å². The van der Waals surface area contributed by atoms with Gasteiger partial charge in [0.15, 0.2) is 0 Å². The molecule has 0 bridgehead atoms. The van der Waals surface area contributed by atoms with E-state index in [1.807, 2.05) is 19.1 Å². The van der Waals surface area contributed by atoms with Crippen LogP contribution in [-0.4, -0.2) is 0 Å². The van der Waals surface area contributed by atoms with Crippen LogP contribution in [-0.2, 0) is 0 Å². The second-order valence-electron chi connectivity index (χ2n) is 3.94. The fourth-order valence-electron chi connectivity index (χ4n) is 1.67. The molecule has 1 atom stereocenters. The van der Waals surface area contributed by atoms with Gasteiger partial charge in [-0.15, -0.1) is 11.6 Å². The van der Waals surface area contributed by atoms with E-state index in [9.17, 15) is 4.39 Å². The number of benzene rings is 2. The van der Waals surface area contributed by atoms with Gasteiger partial charge in [0, 0.05) is 10.6 Å². The monoisotopic (exact) mass is 268 g/mol. The third-order valence-electron chi connectivity index (χ3n) is 2.59. The van der Waals surface area contributed by atoms with Gasteiger partial charge in [0.25, 0.3) is 0 Å². The topological polar surface area (TPSA) is 0 Å². The summed E-state index contributed by atoms with van der Waals surface area (Å²) in [6, 6.07) is 12.0. The highest BCUT2D eigenvalue weighted by Crippen LogP contribution is 2.31. The van der Waals surface area contributed by atoms with Crippen molar-refractivity contribution in [2.24, 2.45) is 0 Å². The van der Waals surface area contributed by atoms with Gasteiger partial charge >= 0.3 is 0 Å². The molecule has 0 saturated heterocycles. The first kappa shape index (κ1) is 12.4. The average molecular weight is 269 g/mol. The van der Waals surface area contributed by atoms with E-state index in [1.165, 1.54) is 6.07 Å². The van der Waals surface area contributed by atoms with Gasteiger partial charge in [-0.25, -0.2) is 4.39 Å². The minimum atomic E-state index is -0.493. The van der Waals surface area contributed by atoms with E-state index in [2.05, 4.69) is 0 Å². The largest absolute Gasteiger partial charge is 0.207 e. The molecule has 0 aliphatic carbocycles. The molecule has 0 aromatic heterocycles. The maximum absolute atomic E-state index is 13.7. The summed E-state index contributed by atoms with van der Waals surface area (Å²) in [6.07, 6.45) is 0. The average Bonchev–Trinajstić information content (AvgIpc) is 2.32. The van der Waals surface area contributed by atoms with Crippen molar-refractivity contribution < 1.29 is 4.39 Å². The van der Waals surface area contributed by atoms with Crippen LogP contribution in [0.3, 0.4) is 0 Å². The fraction of sp³-hybridized carbons (Fsp3) is 0.143. The molecule has 2 aromatic carbocycles. The summed E-state index contributed by atoms with van der Waals surface area (Å²) in [5.74, 6) is -0.287. The molecule has 0 aliphatic heterocycles. The first-order valence-corrected chi connectivity index (χ1v) is 6.05. The lowest BCUT2D eigenvalue weighted by molar-refractivity contribution is 0.612. The van der Waals surface area contributed by atoms with E-state index in [1.54, 1.807) is 24.3 Å². The van der Waals surface area contributed by atoms with Gasteiger partial charge < -0.3 is 0 Å². The van der Waals surface area contributed by atoms with E-state index in [-0.39, 0.29) is 5.82 Å². The third kappa shape index (κ3) is 2.80. The number of hydrogen-bond donors (Lipinski definition) is 0. The molecule has 88 valence electrons. The summed E-state index contributed by atoms with van der Waals surface area (Å²) in [4.78, 5) is 0. The van der Waals surface area contributed by atoms with Crippen molar-refractivity contribution in [2.45, 2.75) is 12.3 Å². The zero-order chi connectivity index (χ0) is 12.4. The standard InChI is InChI=1S/C14H11Cl2F/c1-9-2-7-13(17)12(8-9)14(16)10-3-5-11(15)6-4-10/h2-8,14H,1H3. The van der Waals surface area contributed by atoms with Crippen LogP contribution in [0.4, 0.5) is 4.39 Å². The molecule has 3 heteroatoms. The summed E-state index contributed by atoms with van der Waals surface area (Å²) in [5, 5.41) is 0.148. The summed E-state index contributed by atoms with van der Waals surface area (Å²) in [6.45, 7) is 1.91. The molecule has 2 aromatic rings. The molecule has 0 fully saturated rings. The van der Waals surface area contributed by atoms with Gasteiger partial charge in [0.1, 0.15) is 5.82 Å². The molecule has 0 heterocycles. The predicted molar refractivity (Wildman–Crippen MR) is 70.3 cm³/mol. The van der Waals surface area contributed by atoms with Crippen LogP contribution < -0.4 is 0 Å². The molecule has 0 saturated carbocycles. The second kappa shape index (κ2) is 5.07. The lowest BCUT2D eigenvalue weighted by Crippen LogP contribution is -1.97. The van der Waals surface area contributed by atoms with Crippen molar-refractivity contribution in [2.75, 3.05) is 0 Å². The summed E-state index contributed by atoms with van der Waals surface area (Å²) >= 11 is 12.1. The van der Waals surface area contributed by atoms with E-state index in [4.69, 9.17) is 23.2 Å². The van der Waals surface area contributed by atoms with Crippen molar-refractivity contribution in [3.8, 4) is 0 Å². The first-order valence-electron chi connectivity index (χ1n) is 5.23. The number of aryl methyl sites for hydroxylation is 1. The van der Waals surface area contributed by atoms with Gasteiger partial charge in [0.05, 0.1) is 5.38 Å². The van der Waals surface area contributed by atoms with E-state index in [0.717, 1.165) is 11.1 Å². The van der Waals surface area contributed by atoms with Gasteiger partial charge in [0.2, 0.25) is 0 Å². The number of halogens is 3. The molecule has 0 N–H and O–H groups in total. The molecule has 0 amide bonds. The second-order valence-corrected chi connectivity index (χ2v) is 4.81. The van der Waals surface area contributed by atoms with Crippen molar-refractivity contribution in [3.05, 3.63) is 70.0 Å². The SMILES string of the molecule is Cc1ccc(F)c(C(Cl)c2ccc(Cl)cc2)c1. The van der Waals surface area contributed by atoms with Crippen molar-refractivity contribution >= 4 is 23.2 Å². The molecule has 0 spiro atoms. The Kier molecular flexibility index (Phi) is 3.70. The Hall–Kier alpha value is -1.05. The smallest absolute Gasteiger partial charge is 0.128 e. The summed E-state index contributed by atoms with van der Waals surface area (Å²) in [5.41, 5.74) is 2.32. The van der Waals surface area contributed by atoms with Crippen LogP contribution in [0.1, 0.15) is 22.1 Å². The van der Waals surface area contributed by atoms with Gasteiger partial charge in [-0.2, -0.15) is 0 Å². The van der Waals surface area contributed by atoms with Crippen LogP contribution in [0, 0.1) is 12.7 Å². The third-order valence-corrected chi connectivity index (χ3v) is 3.33. The number of alkyl halides is 1. The normalized spacial score (nSPS) is 12.5. The van der Waals surface area contributed by atoms with Crippen LogP contribution in [0.25, 0.3) is 0 Å². The molecule has 0 nitrogen and oxygen atoms in total. The van der Waals surface area contributed by atoms with Gasteiger partial charge in [-0.3, -0.25) is 0 Å². The lowest BCUT2D eigenvalue weighted by atomic mass is 10.0. The Labute approximate surface area is 110 Å². The van der Waals surface area contributed by atoms with Gasteiger partial charge in [-0.05, 0) is 30.7 Å². The molecule has 0 radical (unpaired) electrons. The Morgan fingerprint density at radius 2 is 1.71 bits per heavy atom. The summed E-state index contributed by atoms with van der Waals surface area (Å²) in [7, 11) is 0. The zero-order valence-corrected chi connectivity index (χ0v) is 10.8. The number of rotatable bonds is 2. The van der Waals surface area contributed by atoms with Crippen LogP contribution >= 0.6 is 23.2 Å². The maximum Gasteiger partial charge on any atom is 0.128 e. The molecule has 2 rings (SSSR count). The minimum absolute atomic E-state index is 0.287. The molecule has 17 heavy (non-hydrogen) atoms. The molecular formula is C14H11Cl2F. The highest BCUT2D eigenvalue weighted by molar-refractivity contribution is 6.30. The Morgan fingerprint density at radius 3 is 2.35 bits per heavy atom. The minimum Gasteiger partial charge on any atom is -0.207 e. The molecule has 0 aliphatic rings. The Morgan fingerprint density at radius 1 is 1.06 bits per heavy atom. The lowest BCUT2D eigenvalue weighted by Gasteiger charge is -2.12. The maximum atomic E-state index is 13.7. The first-order chi connectivity index (χ1) is 8.08. The molecular weight excluding hydrogens is 258 g/mol. The Bertz CT molecular complexity index is 520. The fourth-order valence-corrected chi connectivity index (χ4v) is 2.11. The quantitative estimate of drug-likeness (QED) is 0.664. The Balaban J connectivity index is 2.39. The van der Waals surface area contributed by atoms with E-state index < -0.39 is 5.38 Å². The van der Waals surface area contributed by atoms with Crippen LogP contribution in [0.15, 0.2) is 42.5 Å². The van der Waals surface area contributed by atoms with Crippen LogP contribution in [0.2, 0.25) is 5.02 Å². The van der Waals surface area contributed by atoms with E-state index in [0.29, 0.717) is 10.6 Å². The van der Waals surface area contributed by atoms with Crippen molar-refractivity contribution in [1.29, 1.82) is 0 Å². The summed E-state index contributed by atoms with van der Waals surface area (Å²) < 4.78 is 13.7. The van der Waals surface area contributed by atoms with E-state index >= 15 is 0 Å². The highest BCUT2D eigenvalue weighted by atomic mass is 35.5. The van der Waals surface area contributed by atoms with Gasteiger partial charge in [-0.1, -0.05) is 41.4 Å².